The largest absolute Gasteiger partial charge is 0.530 e. The van der Waals surface area contributed by atoms with E-state index in [2.05, 4.69) is 0 Å². The molecular weight excluding hydrogens is 246 g/mol. The van der Waals surface area contributed by atoms with Gasteiger partial charge in [-0.15, -0.1) is 0 Å². The van der Waals surface area contributed by atoms with Crippen molar-refractivity contribution in [2.45, 2.75) is 13.8 Å². The summed E-state index contributed by atoms with van der Waals surface area (Å²) in [5, 5.41) is 0. The van der Waals surface area contributed by atoms with E-state index in [-0.39, 0.29) is 17.0 Å². The van der Waals surface area contributed by atoms with E-state index < -0.39 is 7.82 Å². The molecule has 1 saturated heterocycles. The number of benzene rings is 1. The Labute approximate surface area is 99.3 Å². The summed E-state index contributed by atoms with van der Waals surface area (Å²) in [6, 6.07) is 5.19. The minimum absolute atomic E-state index is 0.180. The van der Waals surface area contributed by atoms with Gasteiger partial charge in [0, 0.05) is 5.41 Å². The first-order valence-electron chi connectivity index (χ1n) is 5.23. The van der Waals surface area contributed by atoms with Gasteiger partial charge in [0.1, 0.15) is 11.6 Å². The van der Waals surface area contributed by atoms with Crippen LogP contribution in [0.25, 0.3) is 0 Å². The molecule has 1 heterocycles. The van der Waals surface area contributed by atoms with Crippen molar-refractivity contribution < 1.29 is 22.5 Å². The Morgan fingerprint density at radius 3 is 2.29 bits per heavy atom. The molecule has 0 aromatic heterocycles. The number of halogens is 1. The number of rotatable bonds is 2. The van der Waals surface area contributed by atoms with Crippen molar-refractivity contribution in [1.29, 1.82) is 0 Å². The smallest absolute Gasteiger partial charge is 0.404 e. The Bertz CT molecular complexity index is 429. The van der Waals surface area contributed by atoms with Gasteiger partial charge in [-0.1, -0.05) is 13.8 Å². The van der Waals surface area contributed by atoms with Gasteiger partial charge in [0.2, 0.25) is 0 Å². The Balaban J connectivity index is 2.04. The predicted molar refractivity (Wildman–Crippen MR) is 60.3 cm³/mol. The summed E-state index contributed by atoms with van der Waals surface area (Å²) in [4.78, 5) is 0. The molecule has 1 aliphatic heterocycles. The van der Waals surface area contributed by atoms with Crippen LogP contribution in [0.15, 0.2) is 24.3 Å². The predicted octanol–water partition coefficient (Wildman–Crippen LogP) is 3.39. The number of hydrogen-bond acceptors (Lipinski definition) is 4. The molecule has 4 nitrogen and oxygen atoms in total. The Morgan fingerprint density at radius 2 is 1.76 bits per heavy atom. The van der Waals surface area contributed by atoms with E-state index in [0.29, 0.717) is 13.2 Å². The van der Waals surface area contributed by atoms with E-state index in [0.717, 1.165) is 0 Å². The van der Waals surface area contributed by atoms with Crippen molar-refractivity contribution in [1.82, 2.24) is 0 Å². The fraction of sp³-hybridized carbons (Fsp3) is 0.455. The maximum atomic E-state index is 12.7. The number of phosphoric acid groups is 1. The second-order valence-electron chi connectivity index (χ2n) is 4.70. The Kier molecular flexibility index (Phi) is 3.25. The first kappa shape index (κ1) is 12.6. The van der Waals surface area contributed by atoms with E-state index in [9.17, 15) is 8.96 Å². The van der Waals surface area contributed by atoms with Gasteiger partial charge in [0.05, 0.1) is 13.2 Å². The molecule has 1 aromatic rings. The summed E-state index contributed by atoms with van der Waals surface area (Å²) >= 11 is 0. The summed E-state index contributed by atoms with van der Waals surface area (Å²) in [6.45, 7) is 4.47. The molecular formula is C11H14FO4P. The molecule has 0 aliphatic carbocycles. The molecule has 0 saturated carbocycles. The Hall–Kier alpha value is -0.900. The molecule has 0 amide bonds. The summed E-state index contributed by atoms with van der Waals surface area (Å²) in [5.41, 5.74) is -0.180. The van der Waals surface area contributed by atoms with E-state index in [1.807, 2.05) is 13.8 Å². The van der Waals surface area contributed by atoms with Gasteiger partial charge in [-0.05, 0) is 24.3 Å². The third-order valence-electron chi connectivity index (χ3n) is 2.26. The van der Waals surface area contributed by atoms with Crippen molar-refractivity contribution in [2.75, 3.05) is 13.2 Å². The van der Waals surface area contributed by atoms with Crippen LogP contribution in [0.4, 0.5) is 4.39 Å². The second kappa shape index (κ2) is 4.41. The Morgan fingerprint density at radius 1 is 1.24 bits per heavy atom. The van der Waals surface area contributed by atoms with Crippen LogP contribution in [-0.4, -0.2) is 13.2 Å². The lowest BCUT2D eigenvalue weighted by Gasteiger charge is -2.32. The lowest BCUT2D eigenvalue weighted by molar-refractivity contribution is 0.0182. The zero-order valence-electron chi connectivity index (χ0n) is 9.68. The first-order valence-corrected chi connectivity index (χ1v) is 6.69. The van der Waals surface area contributed by atoms with Crippen molar-refractivity contribution in [2.24, 2.45) is 5.41 Å². The molecule has 1 aromatic carbocycles. The summed E-state index contributed by atoms with van der Waals surface area (Å²) in [5.74, 6) is -0.128. The molecule has 0 atom stereocenters. The van der Waals surface area contributed by atoms with Crippen LogP contribution in [0, 0.1) is 11.2 Å². The fourth-order valence-electron chi connectivity index (χ4n) is 1.26. The highest BCUT2D eigenvalue weighted by Crippen LogP contribution is 2.54. The van der Waals surface area contributed by atoms with Crippen LogP contribution < -0.4 is 4.52 Å². The van der Waals surface area contributed by atoms with Gasteiger partial charge in [0.15, 0.2) is 0 Å². The number of hydrogen-bond donors (Lipinski definition) is 0. The highest BCUT2D eigenvalue weighted by atomic mass is 31.2. The van der Waals surface area contributed by atoms with Crippen LogP contribution in [0.2, 0.25) is 0 Å². The zero-order chi connectivity index (χ0) is 12.5. The van der Waals surface area contributed by atoms with Crippen molar-refractivity contribution in [3.8, 4) is 5.75 Å². The van der Waals surface area contributed by atoms with E-state index in [1.54, 1.807) is 0 Å². The van der Waals surface area contributed by atoms with Crippen LogP contribution >= 0.6 is 7.82 Å². The van der Waals surface area contributed by atoms with Crippen LogP contribution in [0.3, 0.4) is 0 Å². The van der Waals surface area contributed by atoms with E-state index >= 15 is 0 Å². The van der Waals surface area contributed by atoms with Crippen LogP contribution in [0.1, 0.15) is 13.8 Å². The average Bonchev–Trinajstić information content (AvgIpc) is 2.27. The lowest BCUT2D eigenvalue weighted by Crippen LogP contribution is -2.30. The van der Waals surface area contributed by atoms with Gasteiger partial charge in [-0.3, -0.25) is 9.05 Å². The molecule has 6 heteroatoms. The molecule has 0 radical (unpaired) electrons. The van der Waals surface area contributed by atoms with Crippen LogP contribution in [-0.2, 0) is 13.6 Å². The van der Waals surface area contributed by atoms with Crippen molar-refractivity contribution in [3.05, 3.63) is 30.1 Å². The van der Waals surface area contributed by atoms with Crippen molar-refractivity contribution in [3.63, 3.8) is 0 Å². The fourth-order valence-corrected chi connectivity index (χ4v) is 2.84. The standard InChI is InChI=1S/C11H14FO4P/c1-11(2)7-14-17(13,15-8-11)16-10-5-3-9(12)4-6-10/h3-6H,7-8H2,1-2H3. The average molecular weight is 260 g/mol. The topological polar surface area (TPSA) is 44.8 Å². The molecule has 0 unspecified atom stereocenters. The summed E-state index contributed by atoms with van der Waals surface area (Å²) in [7, 11) is -3.55. The quantitative estimate of drug-likeness (QED) is 0.764. The monoisotopic (exact) mass is 260 g/mol. The van der Waals surface area contributed by atoms with Gasteiger partial charge in [-0.2, -0.15) is 0 Å². The lowest BCUT2D eigenvalue weighted by atomic mass is 9.97. The molecule has 17 heavy (non-hydrogen) atoms. The van der Waals surface area contributed by atoms with E-state index in [1.165, 1.54) is 24.3 Å². The van der Waals surface area contributed by atoms with E-state index in [4.69, 9.17) is 13.6 Å². The van der Waals surface area contributed by atoms with Crippen molar-refractivity contribution >= 4 is 7.82 Å². The molecule has 0 bridgehead atoms. The second-order valence-corrected chi connectivity index (χ2v) is 6.30. The maximum absolute atomic E-state index is 12.7. The van der Waals surface area contributed by atoms with Gasteiger partial charge in [-0.25, -0.2) is 8.96 Å². The zero-order valence-corrected chi connectivity index (χ0v) is 10.6. The molecule has 1 fully saturated rings. The first-order chi connectivity index (χ1) is 7.89. The third kappa shape index (κ3) is 3.28. The molecule has 94 valence electrons. The SMILES string of the molecule is CC1(C)COP(=O)(Oc2ccc(F)cc2)OC1. The minimum atomic E-state index is -3.55. The molecule has 2 rings (SSSR count). The number of phosphoric ester groups is 1. The highest BCUT2D eigenvalue weighted by Gasteiger charge is 2.39. The van der Waals surface area contributed by atoms with Gasteiger partial charge < -0.3 is 4.52 Å². The molecule has 1 aliphatic rings. The maximum Gasteiger partial charge on any atom is 0.530 e. The van der Waals surface area contributed by atoms with Gasteiger partial charge >= 0.3 is 7.82 Å². The molecule has 0 N–H and O–H groups in total. The van der Waals surface area contributed by atoms with Gasteiger partial charge in [0.25, 0.3) is 0 Å². The minimum Gasteiger partial charge on any atom is -0.404 e. The summed E-state index contributed by atoms with van der Waals surface area (Å²) in [6.07, 6.45) is 0. The summed E-state index contributed by atoms with van der Waals surface area (Å²) < 4.78 is 40.1. The molecule has 0 spiro atoms. The third-order valence-corrected chi connectivity index (χ3v) is 3.58. The highest BCUT2D eigenvalue weighted by molar-refractivity contribution is 7.49. The normalized spacial score (nSPS) is 22.1. The van der Waals surface area contributed by atoms with Crippen LogP contribution in [0.5, 0.6) is 5.75 Å².